The SMILES string of the molecule is CCC(C=CC(C)(C)C)Cc1c(I)cc(I)c(OC(C)(C)C)c1I. The van der Waals surface area contributed by atoms with E-state index < -0.39 is 0 Å². The lowest BCUT2D eigenvalue weighted by Gasteiger charge is -2.25. The van der Waals surface area contributed by atoms with Gasteiger partial charge in [0, 0.05) is 3.57 Å². The largest absolute Gasteiger partial charge is 0.486 e. The molecule has 1 rings (SSSR count). The Kier molecular flexibility index (Phi) is 8.85. The van der Waals surface area contributed by atoms with Crippen molar-refractivity contribution in [3.8, 4) is 5.75 Å². The minimum atomic E-state index is -0.180. The van der Waals surface area contributed by atoms with Gasteiger partial charge in [0.25, 0.3) is 0 Å². The number of hydrogen-bond donors (Lipinski definition) is 0. The average Bonchev–Trinajstić information content (AvgIpc) is 2.40. The molecule has 0 aliphatic rings. The lowest BCUT2D eigenvalue weighted by Crippen LogP contribution is -2.24. The van der Waals surface area contributed by atoms with Crippen molar-refractivity contribution in [2.45, 2.75) is 66.9 Å². The number of rotatable bonds is 5. The van der Waals surface area contributed by atoms with Crippen molar-refractivity contribution in [2.75, 3.05) is 0 Å². The number of halogens is 3. The maximum atomic E-state index is 6.25. The van der Waals surface area contributed by atoms with Gasteiger partial charge >= 0.3 is 0 Å². The highest BCUT2D eigenvalue weighted by molar-refractivity contribution is 14.1. The smallest absolute Gasteiger partial charge is 0.147 e. The Morgan fingerprint density at radius 3 is 2.08 bits per heavy atom. The maximum Gasteiger partial charge on any atom is 0.147 e. The van der Waals surface area contributed by atoms with Gasteiger partial charge in [0.05, 0.1) is 7.14 Å². The van der Waals surface area contributed by atoms with Crippen LogP contribution >= 0.6 is 67.8 Å². The van der Waals surface area contributed by atoms with Gasteiger partial charge in [-0.1, -0.05) is 39.8 Å². The molecule has 4 heteroatoms. The summed E-state index contributed by atoms with van der Waals surface area (Å²) in [6, 6.07) is 2.25. The van der Waals surface area contributed by atoms with Crippen molar-refractivity contribution in [1.82, 2.24) is 0 Å². The van der Waals surface area contributed by atoms with Crippen molar-refractivity contribution in [2.24, 2.45) is 11.3 Å². The zero-order chi connectivity index (χ0) is 18.7. The standard InChI is InChI=1S/C20H29I3O/c1-8-13(9-10-19(2,3)4)11-14-15(21)12-16(22)18(17(14)23)24-20(5,6)7/h9-10,12-13H,8,11H2,1-7H3. The lowest BCUT2D eigenvalue weighted by molar-refractivity contribution is 0.128. The Hall–Kier alpha value is 0.950. The van der Waals surface area contributed by atoms with Crippen molar-refractivity contribution in [3.63, 3.8) is 0 Å². The zero-order valence-corrected chi connectivity index (χ0v) is 22.2. The van der Waals surface area contributed by atoms with E-state index >= 15 is 0 Å². The van der Waals surface area contributed by atoms with Gasteiger partial charge in [-0.25, -0.2) is 0 Å². The third-order valence-corrected chi connectivity index (χ3v) is 6.40. The van der Waals surface area contributed by atoms with Crippen molar-refractivity contribution in [3.05, 3.63) is 34.5 Å². The van der Waals surface area contributed by atoms with E-state index in [0.29, 0.717) is 5.92 Å². The van der Waals surface area contributed by atoms with Crippen LogP contribution in [0.1, 0.15) is 60.5 Å². The molecule has 0 amide bonds. The fraction of sp³-hybridized carbons (Fsp3) is 0.600. The average molecular weight is 666 g/mol. The fourth-order valence-corrected chi connectivity index (χ4v) is 6.26. The maximum absolute atomic E-state index is 6.25. The summed E-state index contributed by atoms with van der Waals surface area (Å²) < 4.78 is 10.0. The highest BCUT2D eigenvalue weighted by atomic mass is 127. The molecule has 1 unspecified atom stereocenters. The summed E-state index contributed by atoms with van der Waals surface area (Å²) in [5.74, 6) is 1.60. The van der Waals surface area contributed by atoms with Gasteiger partial charge in [-0.05, 0) is 124 Å². The van der Waals surface area contributed by atoms with E-state index in [9.17, 15) is 0 Å². The molecule has 0 aliphatic heterocycles. The number of ether oxygens (including phenoxy) is 1. The van der Waals surface area contributed by atoms with E-state index in [1.165, 1.54) is 16.3 Å². The molecule has 0 bridgehead atoms. The Morgan fingerprint density at radius 1 is 1.04 bits per heavy atom. The number of allylic oxidation sites excluding steroid dienone is 2. The predicted octanol–water partition coefficient (Wildman–Crippen LogP) is 7.85. The molecule has 0 spiro atoms. The van der Waals surface area contributed by atoms with Gasteiger partial charge in [0.15, 0.2) is 0 Å². The molecule has 0 fully saturated rings. The monoisotopic (exact) mass is 666 g/mol. The van der Waals surface area contributed by atoms with E-state index in [1.54, 1.807) is 0 Å². The van der Waals surface area contributed by atoms with Gasteiger partial charge in [-0.2, -0.15) is 0 Å². The van der Waals surface area contributed by atoms with Gasteiger partial charge in [-0.3, -0.25) is 0 Å². The van der Waals surface area contributed by atoms with E-state index in [2.05, 4.69) is 134 Å². The molecule has 1 nitrogen and oxygen atoms in total. The molecule has 136 valence electrons. The van der Waals surface area contributed by atoms with Crippen LogP contribution in [0.3, 0.4) is 0 Å². The quantitative estimate of drug-likeness (QED) is 0.230. The molecular formula is C20H29I3O. The number of benzene rings is 1. The first-order chi connectivity index (χ1) is 10.8. The summed E-state index contributed by atoms with van der Waals surface area (Å²) in [5.41, 5.74) is 1.47. The second-order valence-corrected chi connectivity index (χ2v) is 11.7. The van der Waals surface area contributed by atoms with Crippen LogP contribution < -0.4 is 4.74 Å². The third kappa shape index (κ3) is 7.68. The normalized spacial score (nSPS) is 14.2. The first-order valence-corrected chi connectivity index (χ1v) is 11.6. The van der Waals surface area contributed by atoms with Crippen LogP contribution in [0.15, 0.2) is 18.2 Å². The molecule has 0 saturated heterocycles. The summed E-state index contributed by atoms with van der Waals surface area (Å²) in [6.45, 7) is 15.4. The summed E-state index contributed by atoms with van der Waals surface area (Å²) in [4.78, 5) is 0. The molecule has 0 aromatic heterocycles. The molecule has 1 aromatic carbocycles. The predicted molar refractivity (Wildman–Crippen MR) is 131 cm³/mol. The molecule has 0 N–H and O–H groups in total. The van der Waals surface area contributed by atoms with Crippen LogP contribution in [0.25, 0.3) is 0 Å². The van der Waals surface area contributed by atoms with E-state index in [-0.39, 0.29) is 11.0 Å². The molecule has 0 heterocycles. The molecular weight excluding hydrogens is 637 g/mol. The van der Waals surface area contributed by atoms with Crippen LogP contribution in [-0.4, -0.2) is 5.60 Å². The van der Waals surface area contributed by atoms with E-state index in [0.717, 1.165) is 18.6 Å². The van der Waals surface area contributed by atoms with Crippen LogP contribution in [-0.2, 0) is 6.42 Å². The van der Waals surface area contributed by atoms with Gasteiger partial charge in [0.1, 0.15) is 11.4 Å². The topological polar surface area (TPSA) is 9.23 Å². The van der Waals surface area contributed by atoms with E-state index in [1.807, 2.05) is 0 Å². The molecule has 24 heavy (non-hydrogen) atoms. The fourth-order valence-electron chi connectivity index (χ4n) is 2.23. The minimum absolute atomic E-state index is 0.180. The molecule has 0 aliphatic carbocycles. The Morgan fingerprint density at radius 2 is 1.62 bits per heavy atom. The highest BCUT2D eigenvalue weighted by Gasteiger charge is 2.21. The van der Waals surface area contributed by atoms with Crippen molar-refractivity contribution >= 4 is 67.8 Å². The van der Waals surface area contributed by atoms with Crippen LogP contribution in [0.4, 0.5) is 0 Å². The molecule has 0 radical (unpaired) electrons. The molecule has 1 atom stereocenters. The van der Waals surface area contributed by atoms with Gasteiger partial charge in [-0.15, -0.1) is 0 Å². The van der Waals surface area contributed by atoms with Crippen molar-refractivity contribution in [1.29, 1.82) is 0 Å². The summed E-state index contributed by atoms with van der Waals surface area (Å²) in [5, 5.41) is 0. The molecule has 0 saturated carbocycles. The van der Waals surface area contributed by atoms with Crippen molar-refractivity contribution < 1.29 is 4.74 Å². The number of hydrogen-bond acceptors (Lipinski definition) is 1. The van der Waals surface area contributed by atoms with Crippen LogP contribution in [0, 0.1) is 22.0 Å². The first kappa shape index (κ1) is 23.0. The summed E-state index contributed by atoms with van der Waals surface area (Å²) >= 11 is 7.33. The van der Waals surface area contributed by atoms with Crippen LogP contribution in [0.5, 0.6) is 5.75 Å². The zero-order valence-electron chi connectivity index (χ0n) is 15.8. The Labute approximate surface area is 189 Å². The minimum Gasteiger partial charge on any atom is -0.486 e. The summed E-state index contributed by atoms with van der Waals surface area (Å²) in [6.07, 6.45) is 6.96. The second kappa shape index (κ2) is 9.24. The molecule has 1 aromatic rings. The lowest BCUT2D eigenvalue weighted by atomic mass is 9.90. The third-order valence-electron chi connectivity index (χ3n) is 3.49. The van der Waals surface area contributed by atoms with Gasteiger partial charge in [0.2, 0.25) is 0 Å². The highest BCUT2D eigenvalue weighted by Crippen LogP contribution is 2.37. The van der Waals surface area contributed by atoms with E-state index in [4.69, 9.17) is 4.74 Å². The Balaban J connectivity index is 3.19. The Bertz CT molecular complexity index is 592. The summed E-state index contributed by atoms with van der Waals surface area (Å²) in [7, 11) is 0. The second-order valence-electron chi connectivity index (χ2n) is 8.27. The van der Waals surface area contributed by atoms with Gasteiger partial charge < -0.3 is 4.74 Å². The first-order valence-electron chi connectivity index (χ1n) is 8.39. The van der Waals surface area contributed by atoms with Crippen LogP contribution in [0.2, 0.25) is 0 Å².